The highest BCUT2D eigenvalue weighted by atomic mass is 16.8. The number of rotatable bonds is 13. The maximum absolute atomic E-state index is 12.4. The van der Waals surface area contributed by atoms with Gasteiger partial charge in [0.15, 0.2) is 11.6 Å². The Balaban J connectivity index is 2.43. The van der Waals surface area contributed by atoms with Crippen LogP contribution in [0.4, 0.5) is 4.79 Å². The summed E-state index contributed by atoms with van der Waals surface area (Å²) in [6, 6.07) is 0. The third-order valence-electron chi connectivity index (χ3n) is 7.71. The van der Waals surface area contributed by atoms with Crippen molar-refractivity contribution in [2.75, 3.05) is 21.0 Å². The molecule has 2 rings (SSSR count). The Morgan fingerprint density at radius 1 is 0.947 bits per heavy atom. The summed E-state index contributed by atoms with van der Waals surface area (Å²) in [7, 11) is 2.85. The van der Waals surface area contributed by atoms with E-state index in [1.807, 2.05) is 69.2 Å². The Morgan fingerprint density at radius 3 is 2.05 bits per heavy atom. The van der Waals surface area contributed by atoms with Crippen molar-refractivity contribution in [1.82, 2.24) is 0 Å². The molecule has 222 valence electrons. The zero-order chi connectivity index (χ0) is 29.1. The summed E-state index contributed by atoms with van der Waals surface area (Å²) in [6.07, 6.45) is -0.733. The molecule has 2 fully saturated rings. The Labute approximate surface area is 228 Å². The van der Waals surface area contributed by atoms with Crippen LogP contribution in [0.15, 0.2) is 0 Å². The van der Waals surface area contributed by atoms with E-state index >= 15 is 0 Å². The van der Waals surface area contributed by atoms with E-state index in [0.717, 1.165) is 6.29 Å². The first kappa shape index (κ1) is 32.9. The standard InChI is InChI=1S/C28H50O10/c1-13-20(33-16-31-11)28(10)23(36-26(7,8)38-28)19(4)21(34-24(30)32-12)17(2)14-27(9)22(18(3)15-29)35-25(5,6)37-27/h15,17-23H,13-14,16H2,1-12H3/t17-,18+,19+,20-,21-,22-,23-,27-,28-/m1/s1. The van der Waals surface area contributed by atoms with Gasteiger partial charge in [0.2, 0.25) is 0 Å². The van der Waals surface area contributed by atoms with Crippen molar-refractivity contribution < 1.29 is 47.5 Å². The van der Waals surface area contributed by atoms with Crippen LogP contribution < -0.4 is 0 Å². The lowest BCUT2D eigenvalue weighted by Gasteiger charge is -2.42. The van der Waals surface area contributed by atoms with Crippen LogP contribution in [0.25, 0.3) is 0 Å². The number of methoxy groups -OCH3 is 2. The minimum atomic E-state index is -0.889. The van der Waals surface area contributed by atoms with Crippen LogP contribution in [0.5, 0.6) is 0 Å². The highest BCUT2D eigenvalue weighted by Crippen LogP contribution is 2.48. The van der Waals surface area contributed by atoms with Gasteiger partial charge in [0, 0.05) is 18.9 Å². The highest BCUT2D eigenvalue weighted by Gasteiger charge is 2.59. The molecule has 0 aromatic rings. The smallest absolute Gasteiger partial charge is 0.438 e. The van der Waals surface area contributed by atoms with Gasteiger partial charge in [0.25, 0.3) is 0 Å². The lowest BCUT2D eigenvalue weighted by atomic mass is 9.75. The largest absolute Gasteiger partial charge is 0.508 e. The van der Waals surface area contributed by atoms with Gasteiger partial charge in [-0.3, -0.25) is 0 Å². The Bertz CT molecular complexity index is 801. The number of hydrogen-bond donors (Lipinski definition) is 0. The molecule has 2 aliphatic rings. The van der Waals surface area contributed by atoms with Crippen LogP contribution in [-0.4, -0.2) is 80.6 Å². The fourth-order valence-electron chi connectivity index (χ4n) is 6.55. The second-order valence-electron chi connectivity index (χ2n) is 12.1. The zero-order valence-electron chi connectivity index (χ0n) is 25.3. The predicted molar refractivity (Wildman–Crippen MR) is 139 cm³/mol. The normalized spacial score (nSPS) is 34.2. The molecule has 0 aliphatic carbocycles. The van der Waals surface area contributed by atoms with Crippen molar-refractivity contribution in [3.63, 3.8) is 0 Å². The highest BCUT2D eigenvalue weighted by molar-refractivity contribution is 5.60. The van der Waals surface area contributed by atoms with Crippen molar-refractivity contribution in [3.8, 4) is 0 Å². The molecule has 38 heavy (non-hydrogen) atoms. The SMILES string of the molecule is CC[C@@H](OCOC)[C@@]1(C)OC(C)(C)O[C@@H]1[C@@H](C)[C@H](OC(=O)OC)[C@H](C)C[C@@]1(C)OC(C)(C)O[C@@H]1[C@@H](C)C=O. The summed E-state index contributed by atoms with van der Waals surface area (Å²) >= 11 is 0. The number of carbonyl (C=O) groups excluding carboxylic acids is 2. The van der Waals surface area contributed by atoms with E-state index in [1.54, 1.807) is 7.11 Å². The lowest BCUT2D eigenvalue weighted by molar-refractivity contribution is -0.201. The fourth-order valence-corrected chi connectivity index (χ4v) is 6.55. The summed E-state index contributed by atoms with van der Waals surface area (Å²) in [6.45, 7) is 19.2. The van der Waals surface area contributed by atoms with Crippen LogP contribution in [0.3, 0.4) is 0 Å². The van der Waals surface area contributed by atoms with E-state index < -0.39 is 47.2 Å². The molecular weight excluding hydrogens is 496 g/mol. The van der Waals surface area contributed by atoms with Crippen LogP contribution in [0.1, 0.15) is 82.1 Å². The molecule has 0 aromatic heterocycles. The van der Waals surface area contributed by atoms with Gasteiger partial charge in [-0.05, 0) is 60.3 Å². The van der Waals surface area contributed by atoms with Crippen LogP contribution in [-0.2, 0) is 42.7 Å². The molecule has 9 atom stereocenters. The van der Waals surface area contributed by atoms with Gasteiger partial charge in [-0.15, -0.1) is 0 Å². The molecule has 0 spiro atoms. The van der Waals surface area contributed by atoms with E-state index in [0.29, 0.717) is 12.8 Å². The summed E-state index contributed by atoms with van der Waals surface area (Å²) in [4.78, 5) is 24.1. The average Bonchev–Trinajstić information content (AvgIpc) is 3.23. The molecule has 10 heteroatoms. The first-order chi connectivity index (χ1) is 17.5. The summed E-state index contributed by atoms with van der Waals surface area (Å²) in [5.74, 6) is -2.70. The van der Waals surface area contributed by atoms with Crippen molar-refractivity contribution in [3.05, 3.63) is 0 Å². The molecule has 0 amide bonds. The third-order valence-corrected chi connectivity index (χ3v) is 7.71. The van der Waals surface area contributed by atoms with E-state index in [1.165, 1.54) is 7.11 Å². The van der Waals surface area contributed by atoms with E-state index in [4.69, 9.17) is 37.9 Å². The van der Waals surface area contributed by atoms with Gasteiger partial charge < -0.3 is 42.7 Å². The van der Waals surface area contributed by atoms with Crippen molar-refractivity contribution >= 4 is 12.4 Å². The molecule has 2 aliphatic heterocycles. The van der Waals surface area contributed by atoms with Gasteiger partial charge >= 0.3 is 6.16 Å². The zero-order valence-corrected chi connectivity index (χ0v) is 25.3. The molecule has 0 saturated carbocycles. The monoisotopic (exact) mass is 546 g/mol. The van der Waals surface area contributed by atoms with Crippen molar-refractivity contribution in [1.29, 1.82) is 0 Å². The molecule has 2 saturated heterocycles. The lowest BCUT2D eigenvalue weighted by Crippen LogP contribution is -2.55. The second-order valence-corrected chi connectivity index (χ2v) is 12.1. The minimum absolute atomic E-state index is 0.110. The summed E-state index contributed by atoms with van der Waals surface area (Å²) in [5.41, 5.74) is -1.66. The molecule has 0 aromatic carbocycles. The first-order valence-electron chi connectivity index (χ1n) is 13.6. The van der Waals surface area contributed by atoms with Crippen LogP contribution in [0.2, 0.25) is 0 Å². The summed E-state index contributed by atoms with van der Waals surface area (Å²) < 4.78 is 47.4. The fraction of sp³-hybridized carbons (Fsp3) is 0.929. The van der Waals surface area contributed by atoms with Gasteiger partial charge in [0.05, 0.1) is 31.0 Å². The summed E-state index contributed by atoms with van der Waals surface area (Å²) in [5, 5.41) is 0. The number of hydrogen-bond acceptors (Lipinski definition) is 10. The maximum Gasteiger partial charge on any atom is 0.508 e. The van der Waals surface area contributed by atoms with E-state index in [9.17, 15) is 9.59 Å². The van der Waals surface area contributed by atoms with Gasteiger partial charge in [-0.1, -0.05) is 27.7 Å². The van der Waals surface area contributed by atoms with Crippen LogP contribution >= 0.6 is 0 Å². The van der Waals surface area contributed by atoms with Crippen LogP contribution in [0, 0.1) is 17.8 Å². The van der Waals surface area contributed by atoms with E-state index in [-0.39, 0.29) is 30.7 Å². The molecule has 0 unspecified atom stereocenters. The number of aldehydes is 1. The molecule has 0 bridgehead atoms. The second kappa shape index (κ2) is 12.5. The molecule has 0 N–H and O–H groups in total. The predicted octanol–water partition coefficient (Wildman–Crippen LogP) is 4.85. The Morgan fingerprint density at radius 2 is 1.53 bits per heavy atom. The molecular formula is C28H50O10. The maximum atomic E-state index is 12.4. The van der Waals surface area contributed by atoms with Gasteiger partial charge in [0.1, 0.15) is 24.8 Å². The average molecular weight is 547 g/mol. The minimum Gasteiger partial charge on any atom is -0.438 e. The van der Waals surface area contributed by atoms with Gasteiger partial charge in [-0.2, -0.15) is 0 Å². The quantitative estimate of drug-likeness (QED) is 0.181. The number of ether oxygens (including phenoxy) is 8. The first-order valence-corrected chi connectivity index (χ1v) is 13.6. The Hall–Kier alpha value is -1.30. The molecule has 2 heterocycles. The van der Waals surface area contributed by atoms with Crippen molar-refractivity contribution in [2.24, 2.45) is 17.8 Å². The Kier molecular flexibility index (Phi) is 10.8. The third kappa shape index (κ3) is 7.26. The number of carbonyl (C=O) groups is 2. The van der Waals surface area contributed by atoms with E-state index in [2.05, 4.69) is 0 Å². The molecule has 10 nitrogen and oxygen atoms in total. The van der Waals surface area contributed by atoms with Crippen molar-refractivity contribution in [2.45, 2.75) is 129 Å². The molecule has 0 radical (unpaired) electrons. The van der Waals surface area contributed by atoms with Gasteiger partial charge in [-0.25, -0.2) is 4.79 Å². The topological polar surface area (TPSA) is 108 Å².